The van der Waals surface area contributed by atoms with Gasteiger partial charge in [-0.1, -0.05) is 62.9 Å². The van der Waals surface area contributed by atoms with E-state index in [2.05, 4.69) is 12.2 Å². The average Bonchev–Trinajstić information content (AvgIpc) is 2.67. The van der Waals surface area contributed by atoms with E-state index in [1.54, 1.807) is 35.2 Å². The third-order valence-electron chi connectivity index (χ3n) is 4.79. The van der Waals surface area contributed by atoms with Crippen molar-refractivity contribution in [3.05, 3.63) is 35.9 Å². The maximum absolute atomic E-state index is 12.5. The van der Waals surface area contributed by atoms with Crippen LogP contribution in [0.15, 0.2) is 30.3 Å². The number of urea groups is 1. The van der Waals surface area contributed by atoms with E-state index in [9.17, 15) is 19.5 Å². The van der Waals surface area contributed by atoms with Gasteiger partial charge in [0.1, 0.15) is 6.54 Å². The van der Waals surface area contributed by atoms with Crippen LogP contribution >= 0.6 is 0 Å². The summed E-state index contributed by atoms with van der Waals surface area (Å²) in [6.07, 6.45) is 5.68. The highest BCUT2D eigenvalue weighted by Gasteiger charge is 2.30. The molecule has 2 N–H and O–H groups in total. The smallest absolute Gasteiger partial charge is 0.330 e. The van der Waals surface area contributed by atoms with Gasteiger partial charge in [-0.3, -0.25) is 4.79 Å². The number of hydrogen-bond acceptors (Lipinski definition) is 3. The van der Waals surface area contributed by atoms with Crippen molar-refractivity contribution in [3.63, 3.8) is 0 Å². The number of carboxylic acids is 1. The van der Waals surface area contributed by atoms with E-state index in [0.717, 1.165) is 19.4 Å². The van der Waals surface area contributed by atoms with Crippen LogP contribution in [0.3, 0.4) is 0 Å². The van der Waals surface area contributed by atoms with Crippen LogP contribution in [0, 0.1) is 0 Å². The molecular weight excluding hydrogens is 346 g/mol. The van der Waals surface area contributed by atoms with E-state index in [1.807, 2.05) is 0 Å². The Balaban J connectivity index is 1.84. The van der Waals surface area contributed by atoms with Crippen molar-refractivity contribution in [1.29, 1.82) is 0 Å². The van der Waals surface area contributed by atoms with Crippen LogP contribution in [0.1, 0.15) is 50.6 Å². The minimum absolute atomic E-state index is 0.0120. The average molecular weight is 375 g/mol. The van der Waals surface area contributed by atoms with Gasteiger partial charge in [0.2, 0.25) is 5.91 Å². The van der Waals surface area contributed by atoms with Crippen molar-refractivity contribution in [3.8, 4) is 0 Å². The Kier molecular flexibility index (Phi) is 8.10. The van der Waals surface area contributed by atoms with Crippen molar-refractivity contribution in [1.82, 2.24) is 15.1 Å². The summed E-state index contributed by atoms with van der Waals surface area (Å²) in [4.78, 5) is 39.5. The largest absolute Gasteiger partial charge is 0.479 e. The first-order chi connectivity index (χ1) is 13.0. The summed E-state index contributed by atoms with van der Waals surface area (Å²) < 4.78 is 0. The predicted molar refractivity (Wildman–Crippen MR) is 102 cm³/mol. The molecule has 0 aliphatic carbocycles. The number of carbonyl (C=O) groups excluding carboxylic acids is 2. The molecule has 1 fully saturated rings. The van der Waals surface area contributed by atoms with E-state index in [-0.39, 0.29) is 12.5 Å². The molecule has 0 saturated carbocycles. The van der Waals surface area contributed by atoms with Gasteiger partial charge in [-0.05, 0) is 12.0 Å². The topological polar surface area (TPSA) is 89.9 Å². The minimum atomic E-state index is -1.13. The van der Waals surface area contributed by atoms with Gasteiger partial charge in [0, 0.05) is 19.6 Å². The zero-order valence-electron chi connectivity index (χ0n) is 15.9. The molecule has 3 amide bonds. The number of nitrogens with zero attached hydrogens (tertiary/aromatic N) is 2. The first-order valence-electron chi connectivity index (χ1n) is 9.64. The summed E-state index contributed by atoms with van der Waals surface area (Å²) in [6.45, 7) is 3.78. The molecule has 1 saturated heterocycles. The lowest BCUT2D eigenvalue weighted by Gasteiger charge is -2.35. The van der Waals surface area contributed by atoms with Crippen LogP contribution < -0.4 is 5.32 Å². The zero-order chi connectivity index (χ0) is 19.6. The molecule has 0 radical (unpaired) electrons. The Morgan fingerprint density at radius 2 is 1.81 bits per heavy atom. The fourth-order valence-electron chi connectivity index (χ4n) is 3.17. The third-order valence-corrected chi connectivity index (χ3v) is 4.79. The Morgan fingerprint density at radius 3 is 2.44 bits per heavy atom. The highest BCUT2D eigenvalue weighted by atomic mass is 16.4. The maximum Gasteiger partial charge on any atom is 0.330 e. The number of aliphatic carboxylic acids is 1. The summed E-state index contributed by atoms with van der Waals surface area (Å²) >= 11 is 0. The second kappa shape index (κ2) is 10.5. The third kappa shape index (κ3) is 6.27. The van der Waals surface area contributed by atoms with Gasteiger partial charge >= 0.3 is 12.0 Å². The Morgan fingerprint density at radius 1 is 1.11 bits per heavy atom. The zero-order valence-corrected chi connectivity index (χ0v) is 15.9. The molecule has 7 heteroatoms. The summed E-state index contributed by atoms with van der Waals surface area (Å²) in [6, 6.07) is 6.87. The maximum atomic E-state index is 12.5. The minimum Gasteiger partial charge on any atom is -0.479 e. The Labute approximate surface area is 160 Å². The van der Waals surface area contributed by atoms with Gasteiger partial charge in [0.25, 0.3) is 0 Å². The number of rotatable bonds is 9. The number of piperazine rings is 1. The van der Waals surface area contributed by atoms with Gasteiger partial charge < -0.3 is 20.2 Å². The molecule has 1 atom stereocenters. The predicted octanol–water partition coefficient (Wildman–Crippen LogP) is 2.64. The summed E-state index contributed by atoms with van der Waals surface area (Å²) in [5.74, 6) is -1.22. The Hall–Kier alpha value is -2.57. The quantitative estimate of drug-likeness (QED) is 0.649. The number of carboxylic acid groups (broad SMARTS) is 1. The first-order valence-corrected chi connectivity index (χ1v) is 9.64. The molecular formula is C20H29N3O4. The molecule has 1 aliphatic heterocycles. The summed E-state index contributed by atoms with van der Waals surface area (Å²) in [5, 5.41) is 11.9. The van der Waals surface area contributed by atoms with Crippen LogP contribution in [0.5, 0.6) is 0 Å². The summed E-state index contributed by atoms with van der Waals surface area (Å²) in [5.41, 5.74) is 0.496. The number of unbranched alkanes of at least 4 members (excludes halogenated alkanes) is 4. The molecule has 1 aromatic carbocycles. The Bertz CT molecular complexity index is 635. The van der Waals surface area contributed by atoms with Crippen molar-refractivity contribution >= 4 is 17.9 Å². The standard InChI is InChI=1S/C20H29N3O4/c1-2-3-4-5-9-12-22-13-14-23(15-17(22)24)20(27)21-18(19(25)26)16-10-7-6-8-11-16/h6-8,10-11,18H,2-5,9,12-15H2,1H3,(H,21,27)(H,25,26). The highest BCUT2D eigenvalue weighted by molar-refractivity contribution is 5.88. The van der Waals surface area contributed by atoms with Crippen LogP contribution in [0.25, 0.3) is 0 Å². The van der Waals surface area contributed by atoms with Crippen LogP contribution in [0.4, 0.5) is 4.79 Å². The van der Waals surface area contributed by atoms with Crippen LogP contribution in [-0.4, -0.2) is 59.0 Å². The number of carbonyl (C=O) groups is 3. The van der Waals surface area contributed by atoms with Gasteiger partial charge in [0.05, 0.1) is 0 Å². The molecule has 0 bridgehead atoms. The van der Waals surface area contributed by atoms with Crippen molar-refractivity contribution in [2.45, 2.75) is 45.1 Å². The first kappa shape index (κ1) is 20.7. The lowest BCUT2D eigenvalue weighted by molar-refractivity contribution is -0.139. The van der Waals surface area contributed by atoms with Gasteiger partial charge in [-0.2, -0.15) is 0 Å². The second-order valence-electron chi connectivity index (χ2n) is 6.85. The van der Waals surface area contributed by atoms with Crippen LogP contribution in [-0.2, 0) is 9.59 Å². The molecule has 7 nitrogen and oxygen atoms in total. The van der Waals surface area contributed by atoms with Crippen molar-refractivity contribution in [2.24, 2.45) is 0 Å². The van der Waals surface area contributed by atoms with Gasteiger partial charge in [-0.15, -0.1) is 0 Å². The van der Waals surface area contributed by atoms with E-state index < -0.39 is 18.0 Å². The van der Waals surface area contributed by atoms with Crippen molar-refractivity contribution in [2.75, 3.05) is 26.2 Å². The summed E-state index contributed by atoms with van der Waals surface area (Å²) in [7, 11) is 0. The molecule has 0 spiro atoms. The number of nitrogens with one attached hydrogen (secondary N) is 1. The fourth-order valence-corrected chi connectivity index (χ4v) is 3.17. The molecule has 1 unspecified atom stereocenters. The number of benzene rings is 1. The highest BCUT2D eigenvalue weighted by Crippen LogP contribution is 2.14. The van der Waals surface area contributed by atoms with Crippen molar-refractivity contribution < 1.29 is 19.5 Å². The molecule has 148 valence electrons. The normalized spacial score (nSPS) is 15.5. The number of hydrogen-bond donors (Lipinski definition) is 2. The van der Waals surface area contributed by atoms with E-state index in [0.29, 0.717) is 18.7 Å². The molecule has 1 heterocycles. The lowest BCUT2D eigenvalue weighted by Crippen LogP contribution is -2.55. The molecule has 0 aromatic heterocycles. The molecule has 1 aromatic rings. The number of amides is 3. The van der Waals surface area contributed by atoms with E-state index >= 15 is 0 Å². The fraction of sp³-hybridized carbons (Fsp3) is 0.550. The van der Waals surface area contributed by atoms with E-state index in [4.69, 9.17) is 0 Å². The lowest BCUT2D eigenvalue weighted by atomic mass is 10.1. The SMILES string of the molecule is CCCCCCCN1CCN(C(=O)NC(C(=O)O)c2ccccc2)CC1=O. The monoisotopic (exact) mass is 375 g/mol. The molecule has 2 rings (SSSR count). The van der Waals surface area contributed by atoms with Gasteiger partial charge in [0.15, 0.2) is 6.04 Å². The second-order valence-corrected chi connectivity index (χ2v) is 6.85. The van der Waals surface area contributed by atoms with Crippen LogP contribution in [0.2, 0.25) is 0 Å². The van der Waals surface area contributed by atoms with Gasteiger partial charge in [-0.25, -0.2) is 9.59 Å². The molecule has 27 heavy (non-hydrogen) atoms. The molecule has 1 aliphatic rings. The van der Waals surface area contributed by atoms with E-state index in [1.165, 1.54) is 24.2 Å².